The molecule has 1 N–H and O–H groups in total. The van der Waals surface area contributed by atoms with E-state index < -0.39 is 17.6 Å². The molecule has 0 saturated heterocycles. The van der Waals surface area contributed by atoms with E-state index >= 15 is 0 Å². The van der Waals surface area contributed by atoms with Crippen LogP contribution in [0, 0.1) is 18.6 Å². The van der Waals surface area contributed by atoms with Crippen molar-refractivity contribution >= 4 is 28.5 Å². The fraction of sp³-hybridized carbons (Fsp3) is 0.211. The Morgan fingerprint density at radius 1 is 1.19 bits per heavy atom. The van der Waals surface area contributed by atoms with Crippen molar-refractivity contribution < 1.29 is 23.4 Å². The molecular weight excluding hydrogens is 364 g/mol. The largest absolute Gasteiger partial charge is 0.495 e. The second-order valence-corrected chi connectivity index (χ2v) is 6.41. The number of hydrogen-bond acceptors (Lipinski definition) is 2. The number of fused-ring (bicyclic) bond motifs is 1. The third kappa shape index (κ3) is 3.37. The van der Waals surface area contributed by atoms with Gasteiger partial charge in [0.05, 0.1) is 24.1 Å². The van der Waals surface area contributed by atoms with Crippen molar-refractivity contribution in [1.29, 1.82) is 0 Å². The molecule has 2 aromatic carbocycles. The van der Waals surface area contributed by atoms with Crippen molar-refractivity contribution in [3.8, 4) is 5.75 Å². The van der Waals surface area contributed by atoms with Crippen LogP contribution in [0.3, 0.4) is 0 Å². The van der Waals surface area contributed by atoms with Crippen LogP contribution in [0.25, 0.3) is 10.9 Å². The molecule has 26 heavy (non-hydrogen) atoms. The van der Waals surface area contributed by atoms with Crippen LogP contribution in [0.2, 0.25) is 5.02 Å². The number of nitrogens with zero attached hydrogens (tertiary/aromatic N) is 1. The number of aliphatic carboxylic acids is 1. The molecular formula is C19H16ClF2NO3. The molecule has 0 unspecified atom stereocenters. The molecule has 136 valence electrons. The first-order valence-corrected chi connectivity index (χ1v) is 8.20. The summed E-state index contributed by atoms with van der Waals surface area (Å²) in [5.74, 6) is -1.88. The summed E-state index contributed by atoms with van der Waals surface area (Å²) in [7, 11) is 1.48. The molecule has 3 rings (SSSR count). The predicted octanol–water partition coefficient (Wildman–Crippen LogP) is 4.57. The van der Waals surface area contributed by atoms with Crippen molar-refractivity contribution in [3.05, 3.63) is 63.8 Å². The zero-order valence-electron chi connectivity index (χ0n) is 14.1. The minimum Gasteiger partial charge on any atom is -0.495 e. The minimum atomic E-state index is -0.974. The van der Waals surface area contributed by atoms with E-state index in [1.54, 1.807) is 23.6 Å². The van der Waals surface area contributed by atoms with Crippen LogP contribution in [-0.4, -0.2) is 22.8 Å². The quantitative estimate of drug-likeness (QED) is 0.706. The summed E-state index contributed by atoms with van der Waals surface area (Å²) in [6, 6.07) is 6.66. The average molecular weight is 380 g/mol. The molecule has 0 aliphatic rings. The van der Waals surface area contributed by atoms with E-state index in [2.05, 4.69) is 0 Å². The van der Waals surface area contributed by atoms with Gasteiger partial charge in [-0.2, -0.15) is 0 Å². The maximum atomic E-state index is 13.5. The molecule has 1 heterocycles. The fourth-order valence-electron chi connectivity index (χ4n) is 3.17. The zero-order chi connectivity index (χ0) is 19.0. The molecule has 7 heteroatoms. The molecule has 0 radical (unpaired) electrons. The number of carboxylic acids is 1. The number of hydrogen-bond donors (Lipinski definition) is 1. The van der Waals surface area contributed by atoms with E-state index in [1.807, 2.05) is 0 Å². The maximum Gasteiger partial charge on any atom is 0.307 e. The summed E-state index contributed by atoms with van der Waals surface area (Å²) in [5.41, 5.74) is 2.40. The van der Waals surface area contributed by atoms with Crippen molar-refractivity contribution in [2.75, 3.05) is 7.11 Å². The molecule has 4 nitrogen and oxygen atoms in total. The highest BCUT2D eigenvalue weighted by molar-refractivity contribution is 6.32. The van der Waals surface area contributed by atoms with Gasteiger partial charge in [-0.05, 0) is 42.3 Å². The summed E-state index contributed by atoms with van der Waals surface area (Å²) >= 11 is 6.22. The monoisotopic (exact) mass is 379 g/mol. The first-order chi connectivity index (χ1) is 12.3. The SMILES string of the molecule is COc1cc2c(CC(=O)O)c(C)n(Cc3cc(F)cc(F)c3)c2cc1Cl. The number of carboxylic acid groups (broad SMARTS) is 1. The van der Waals surface area contributed by atoms with Crippen LogP contribution in [0.5, 0.6) is 5.75 Å². The Morgan fingerprint density at radius 2 is 1.85 bits per heavy atom. The highest BCUT2D eigenvalue weighted by atomic mass is 35.5. The van der Waals surface area contributed by atoms with Gasteiger partial charge in [0.15, 0.2) is 0 Å². The molecule has 3 aromatic rings. The van der Waals surface area contributed by atoms with Gasteiger partial charge in [-0.3, -0.25) is 4.79 Å². The van der Waals surface area contributed by atoms with Crippen molar-refractivity contribution in [1.82, 2.24) is 4.57 Å². The third-order valence-electron chi connectivity index (χ3n) is 4.32. The van der Waals surface area contributed by atoms with Gasteiger partial charge in [-0.15, -0.1) is 0 Å². The highest BCUT2D eigenvalue weighted by Crippen LogP contribution is 2.35. The number of ether oxygens (including phenoxy) is 1. The van der Waals surface area contributed by atoms with Crippen LogP contribution >= 0.6 is 11.6 Å². The average Bonchev–Trinajstić information content (AvgIpc) is 2.78. The molecule has 0 spiro atoms. The smallest absolute Gasteiger partial charge is 0.307 e. The van der Waals surface area contributed by atoms with Crippen LogP contribution in [0.4, 0.5) is 8.78 Å². The van der Waals surface area contributed by atoms with Crippen LogP contribution in [-0.2, 0) is 17.8 Å². The second kappa shape index (κ2) is 6.96. The Morgan fingerprint density at radius 3 is 2.42 bits per heavy atom. The molecule has 0 atom stereocenters. The maximum absolute atomic E-state index is 13.5. The lowest BCUT2D eigenvalue weighted by molar-refractivity contribution is -0.136. The van der Waals surface area contributed by atoms with E-state index in [-0.39, 0.29) is 13.0 Å². The summed E-state index contributed by atoms with van der Waals surface area (Å²) < 4.78 is 34.1. The minimum absolute atomic E-state index is 0.180. The fourth-order valence-corrected chi connectivity index (χ4v) is 3.40. The Hall–Kier alpha value is -2.60. The molecule has 0 saturated carbocycles. The Labute approximate surface area is 153 Å². The van der Waals surface area contributed by atoms with Crippen LogP contribution < -0.4 is 4.74 Å². The number of benzene rings is 2. The Balaban J connectivity index is 2.21. The molecule has 0 bridgehead atoms. The van der Waals surface area contributed by atoms with E-state index in [0.717, 1.165) is 6.07 Å². The van der Waals surface area contributed by atoms with Gasteiger partial charge < -0.3 is 14.4 Å². The van der Waals surface area contributed by atoms with Gasteiger partial charge in [0.25, 0.3) is 0 Å². The van der Waals surface area contributed by atoms with Gasteiger partial charge in [0, 0.05) is 23.7 Å². The van der Waals surface area contributed by atoms with Gasteiger partial charge in [-0.1, -0.05) is 11.6 Å². The number of rotatable bonds is 5. The van der Waals surface area contributed by atoms with Crippen LogP contribution in [0.1, 0.15) is 16.8 Å². The van der Waals surface area contributed by atoms with Gasteiger partial charge >= 0.3 is 5.97 Å². The van der Waals surface area contributed by atoms with Gasteiger partial charge in [-0.25, -0.2) is 8.78 Å². The van der Waals surface area contributed by atoms with Gasteiger partial charge in [0.2, 0.25) is 0 Å². The van der Waals surface area contributed by atoms with Crippen molar-refractivity contribution in [2.24, 2.45) is 0 Å². The first-order valence-electron chi connectivity index (χ1n) is 7.82. The standard InChI is InChI=1S/C19H16ClF2NO3/c1-10-14(7-19(24)25)15-6-18(26-2)16(20)8-17(15)23(10)9-11-3-12(21)5-13(22)4-11/h3-6,8H,7,9H2,1-2H3,(H,24,25). The van der Waals surface area contributed by atoms with Crippen molar-refractivity contribution in [2.45, 2.75) is 19.9 Å². The predicted molar refractivity (Wildman–Crippen MR) is 95.0 cm³/mol. The summed E-state index contributed by atoms with van der Waals surface area (Å²) in [6.07, 6.45) is -0.183. The lowest BCUT2D eigenvalue weighted by Gasteiger charge is -2.10. The number of methoxy groups -OCH3 is 1. The summed E-state index contributed by atoms with van der Waals surface area (Å²) in [5, 5.41) is 10.3. The Kier molecular flexibility index (Phi) is 4.87. The number of halogens is 3. The highest BCUT2D eigenvalue weighted by Gasteiger charge is 2.19. The van der Waals surface area contributed by atoms with E-state index in [0.29, 0.717) is 38.5 Å². The molecule has 0 aliphatic carbocycles. The van der Waals surface area contributed by atoms with Gasteiger partial charge in [0.1, 0.15) is 17.4 Å². The molecule has 1 aromatic heterocycles. The van der Waals surface area contributed by atoms with E-state index in [9.17, 15) is 18.7 Å². The van der Waals surface area contributed by atoms with Crippen LogP contribution in [0.15, 0.2) is 30.3 Å². The third-order valence-corrected chi connectivity index (χ3v) is 4.61. The second-order valence-electron chi connectivity index (χ2n) is 6.00. The summed E-state index contributed by atoms with van der Waals surface area (Å²) in [6.45, 7) is 1.95. The first kappa shape index (κ1) is 18.2. The number of aromatic nitrogens is 1. The lowest BCUT2D eigenvalue weighted by Crippen LogP contribution is -2.05. The van der Waals surface area contributed by atoms with Crippen molar-refractivity contribution in [3.63, 3.8) is 0 Å². The zero-order valence-corrected chi connectivity index (χ0v) is 14.9. The molecule has 0 fully saturated rings. The van der Waals surface area contributed by atoms with E-state index in [1.165, 1.54) is 19.2 Å². The van der Waals surface area contributed by atoms with E-state index in [4.69, 9.17) is 16.3 Å². The normalized spacial score (nSPS) is 11.1. The lowest BCUT2D eigenvalue weighted by atomic mass is 10.1. The topological polar surface area (TPSA) is 51.5 Å². The summed E-state index contributed by atoms with van der Waals surface area (Å²) in [4.78, 5) is 11.3. The number of carbonyl (C=O) groups is 1. The molecule has 0 amide bonds. The Bertz CT molecular complexity index is 994. The molecule has 0 aliphatic heterocycles.